The normalized spacial score (nSPS) is 17.3. The van der Waals surface area contributed by atoms with E-state index in [0.29, 0.717) is 30.0 Å². The summed E-state index contributed by atoms with van der Waals surface area (Å²) in [6, 6.07) is 0.353. The summed E-state index contributed by atoms with van der Waals surface area (Å²) in [6.45, 7) is 4.41. The topological polar surface area (TPSA) is 61.8 Å². The van der Waals surface area contributed by atoms with Gasteiger partial charge in [-0.05, 0) is 19.3 Å². The minimum atomic E-state index is -4.38. The van der Waals surface area contributed by atoms with Crippen LogP contribution in [0.5, 0.6) is 0 Å². The fourth-order valence-electron chi connectivity index (χ4n) is 2.97. The van der Waals surface area contributed by atoms with Crippen LogP contribution in [0.2, 0.25) is 0 Å². The summed E-state index contributed by atoms with van der Waals surface area (Å²) in [6.07, 6.45) is -0.827. The molecule has 2 heterocycles. The van der Waals surface area contributed by atoms with E-state index in [9.17, 15) is 13.2 Å². The number of alkyl halides is 3. The second-order valence-electron chi connectivity index (χ2n) is 6.48. The van der Waals surface area contributed by atoms with Crippen LogP contribution in [-0.4, -0.2) is 68.8 Å². The Hall–Kier alpha value is -1.39. The molecule has 0 atom stereocenters. The van der Waals surface area contributed by atoms with E-state index in [-0.39, 0.29) is 0 Å². The van der Waals surface area contributed by atoms with Crippen LogP contribution in [0.1, 0.15) is 30.0 Å². The van der Waals surface area contributed by atoms with Crippen molar-refractivity contribution >= 4 is 17.3 Å². The maximum Gasteiger partial charge on any atom is 0.434 e. The van der Waals surface area contributed by atoms with Crippen LogP contribution in [0.3, 0.4) is 0 Å². The second-order valence-corrected chi connectivity index (χ2v) is 7.42. The van der Waals surface area contributed by atoms with Crippen molar-refractivity contribution in [2.45, 2.75) is 37.9 Å². The standard InChI is InChI=1S/C17H28F3N5OS/c1-21-16(22-7-4-15-24-14(12-27-15)17(18,19)20)23-13-5-9-25(10-6-13)8-3-11-26-2/h12-13H,3-11H2,1-2H3,(H2,21,22,23). The summed E-state index contributed by atoms with van der Waals surface area (Å²) < 4.78 is 42.8. The van der Waals surface area contributed by atoms with Crippen LogP contribution >= 0.6 is 11.3 Å². The lowest BCUT2D eigenvalue weighted by molar-refractivity contribution is -0.140. The zero-order valence-electron chi connectivity index (χ0n) is 15.8. The third-order valence-electron chi connectivity index (χ3n) is 4.45. The van der Waals surface area contributed by atoms with Crippen molar-refractivity contribution in [3.63, 3.8) is 0 Å². The first-order valence-corrected chi connectivity index (χ1v) is 10.0. The van der Waals surface area contributed by atoms with Gasteiger partial charge in [0.1, 0.15) is 0 Å². The summed E-state index contributed by atoms with van der Waals surface area (Å²) in [5.41, 5.74) is -0.817. The number of hydrogen-bond donors (Lipinski definition) is 2. The van der Waals surface area contributed by atoms with Gasteiger partial charge in [-0.25, -0.2) is 4.98 Å². The van der Waals surface area contributed by atoms with Crippen LogP contribution in [0.4, 0.5) is 13.2 Å². The number of aliphatic imine (C=N–C) groups is 1. The van der Waals surface area contributed by atoms with Crippen molar-refractivity contribution in [1.29, 1.82) is 0 Å². The van der Waals surface area contributed by atoms with Gasteiger partial charge in [0.15, 0.2) is 11.7 Å². The second kappa shape index (κ2) is 10.8. The summed E-state index contributed by atoms with van der Waals surface area (Å²) in [5, 5.41) is 8.09. The quantitative estimate of drug-likeness (QED) is 0.394. The molecule has 0 aromatic carbocycles. The number of piperidine rings is 1. The van der Waals surface area contributed by atoms with E-state index in [1.54, 1.807) is 14.2 Å². The number of methoxy groups -OCH3 is 1. The molecule has 0 aliphatic carbocycles. The van der Waals surface area contributed by atoms with Crippen LogP contribution in [0.15, 0.2) is 10.4 Å². The van der Waals surface area contributed by atoms with Gasteiger partial charge in [0.2, 0.25) is 0 Å². The molecule has 6 nitrogen and oxygen atoms in total. The van der Waals surface area contributed by atoms with Crippen molar-refractivity contribution in [3.8, 4) is 0 Å². The number of nitrogens with zero attached hydrogens (tertiary/aromatic N) is 3. The van der Waals surface area contributed by atoms with Gasteiger partial charge in [0.25, 0.3) is 0 Å². The first-order valence-electron chi connectivity index (χ1n) is 9.12. The van der Waals surface area contributed by atoms with Crippen LogP contribution in [0.25, 0.3) is 0 Å². The van der Waals surface area contributed by atoms with Crippen molar-refractivity contribution in [2.75, 3.05) is 46.9 Å². The van der Waals surface area contributed by atoms with Crippen LogP contribution < -0.4 is 10.6 Å². The van der Waals surface area contributed by atoms with Gasteiger partial charge in [0.05, 0.1) is 5.01 Å². The van der Waals surface area contributed by atoms with E-state index < -0.39 is 11.9 Å². The molecule has 0 unspecified atom stereocenters. The average Bonchev–Trinajstić information content (AvgIpc) is 3.12. The molecule has 0 radical (unpaired) electrons. The molecule has 1 aliphatic rings. The molecule has 2 rings (SSSR count). The number of likely N-dealkylation sites (tertiary alicyclic amines) is 1. The summed E-state index contributed by atoms with van der Waals surface area (Å²) in [7, 11) is 3.42. The molecule has 1 saturated heterocycles. The van der Waals surface area contributed by atoms with Crippen LogP contribution in [0, 0.1) is 0 Å². The summed E-state index contributed by atoms with van der Waals surface area (Å²) in [5.74, 6) is 0.681. The monoisotopic (exact) mass is 407 g/mol. The maximum atomic E-state index is 12.6. The van der Waals surface area contributed by atoms with E-state index in [2.05, 4.69) is 25.5 Å². The van der Waals surface area contributed by atoms with Gasteiger partial charge in [-0.2, -0.15) is 13.2 Å². The lowest BCUT2D eigenvalue weighted by Gasteiger charge is -2.33. The fourth-order valence-corrected chi connectivity index (χ4v) is 3.77. The molecule has 2 N–H and O–H groups in total. The molecule has 0 spiro atoms. The number of rotatable bonds is 8. The predicted octanol–water partition coefficient (Wildman–Crippen LogP) is 2.37. The highest BCUT2D eigenvalue weighted by molar-refractivity contribution is 7.09. The number of ether oxygens (including phenoxy) is 1. The number of thiazole rings is 1. The zero-order valence-corrected chi connectivity index (χ0v) is 16.6. The molecule has 0 bridgehead atoms. The van der Waals surface area contributed by atoms with Gasteiger partial charge < -0.3 is 20.3 Å². The van der Waals surface area contributed by atoms with E-state index in [1.165, 1.54) is 0 Å². The van der Waals surface area contributed by atoms with Crippen molar-refractivity contribution in [1.82, 2.24) is 20.5 Å². The molecule has 1 fully saturated rings. The number of nitrogens with one attached hydrogen (secondary N) is 2. The Balaban J connectivity index is 1.67. The maximum absolute atomic E-state index is 12.6. The molecule has 0 amide bonds. The highest BCUT2D eigenvalue weighted by Crippen LogP contribution is 2.29. The SMILES string of the molecule is CN=C(NCCc1nc(C(F)(F)F)cs1)NC1CCN(CCCOC)CC1. The molecular weight excluding hydrogens is 379 g/mol. The number of hydrogen-bond acceptors (Lipinski definition) is 5. The van der Waals surface area contributed by atoms with Crippen molar-refractivity contribution < 1.29 is 17.9 Å². The van der Waals surface area contributed by atoms with Gasteiger partial charge in [-0.1, -0.05) is 0 Å². The highest BCUT2D eigenvalue weighted by atomic mass is 32.1. The Morgan fingerprint density at radius 3 is 2.74 bits per heavy atom. The van der Waals surface area contributed by atoms with E-state index in [0.717, 1.165) is 62.2 Å². The molecular formula is C17H28F3N5OS. The van der Waals surface area contributed by atoms with E-state index in [4.69, 9.17) is 4.74 Å². The predicted molar refractivity (Wildman–Crippen MR) is 101 cm³/mol. The molecule has 10 heteroatoms. The molecule has 27 heavy (non-hydrogen) atoms. The van der Waals surface area contributed by atoms with E-state index in [1.807, 2.05) is 0 Å². The Labute approximate surface area is 162 Å². The van der Waals surface area contributed by atoms with Gasteiger partial charge in [-0.15, -0.1) is 11.3 Å². The Kier molecular flexibility index (Phi) is 8.78. The van der Waals surface area contributed by atoms with Crippen molar-refractivity contribution in [3.05, 3.63) is 16.1 Å². The van der Waals surface area contributed by atoms with E-state index >= 15 is 0 Å². The Morgan fingerprint density at radius 2 is 2.15 bits per heavy atom. The van der Waals surface area contributed by atoms with Gasteiger partial charge in [-0.3, -0.25) is 4.99 Å². The molecule has 0 saturated carbocycles. The minimum absolute atomic E-state index is 0.353. The first-order chi connectivity index (χ1) is 12.9. The number of halogens is 3. The third kappa shape index (κ3) is 7.63. The third-order valence-corrected chi connectivity index (χ3v) is 5.36. The Morgan fingerprint density at radius 1 is 1.41 bits per heavy atom. The van der Waals surface area contributed by atoms with Crippen LogP contribution in [-0.2, 0) is 17.3 Å². The summed E-state index contributed by atoms with van der Waals surface area (Å²) >= 11 is 1.03. The van der Waals surface area contributed by atoms with Crippen molar-refractivity contribution in [2.24, 2.45) is 4.99 Å². The minimum Gasteiger partial charge on any atom is -0.385 e. The molecule has 1 aromatic heterocycles. The lowest BCUT2D eigenvalue weighted by atomic mass is 10.1. The first kappa shape index (κ1) is 21.9. The largest absolute Gasteiger partial charge is 0.434 e. The Bertz CT molecular complexity index is 585. The summed E-state index contributed by atoms with van der Waals surface area (Å²) in [4.78, 5) is 10.3. The lowest BCUT2D eigenvalue weighted by Crippen LogP contribution is -2.49. The number of aromatic nitrogens is 1. The highest BCUT2D eigenvalue weighted by Gasteiger charge is 2.33. The fraction of sp³-hybridized carbons (Fsp3) is 0.765. The molecule has 1 aliphatic heterocycles. The van der Waals surface area contributed by atoms with Gasteiger partial charge in [0, 0.05) is 64.8 Å². The van der Waals surface area contributed by atoms with Gasteiger partial charge >= 0.3 is 6.18 Å². The smallest absolute Gasteiger partial charge is 0.385 e. The average molecular weight is 408 g/mol. The molecule has 154 valence electrons. The molecule has 1 aromatic rings. The zero-order chi connectivity index (χ0) is 19.7. The number of guanidine groups is 1.